The lowest BCUT2D eigenvalue weighted by Crippen LogP contribution is -2.40. The van der Waals surface area contributed by atoms with Crippen molar-refractivity contribution in [3.63, 3.8) is 0 Å². The van der Waals surface area contributed by atoms with Gasteiger partial charge in [-0.25, -0.2) is 13.4 Å². The molecular formula is C19H19N3O4S. The summed E-state index contributed by atoms with van der Waals surface area (Å²) in [6, 6.07) is 12.1. The van der Waals surface area contributed by atoms with Crippen LogP contribution in [0.4, 0.5) is 11.4 Å². The molecule has 1 N–H and O–H groups in total. The van der Waals surface area contributed by atoms with E-state index in [1.807, 2.05) is 31.2 Å². The predicted molar refractivity (Wildman–Crippen MR) is 102 cm³/mol. The minimum absolute atomic E-state index is 0.149. The first kappa shape index (κ1) is 17.8. The fourth-order valence-corrected chi connectivity index (χ4v) is 4.52. The number of morpholine rings is 1. The van der Waals surface area contributed by atoms with Crippen molar-refractivity contribution in [1.29, 1.82) is 0 Å². The molecule has 0 saturated carbocycles. The number of ether oxygens (including phenoxy) is 1. The van der Waals surface area contributed by atoms with E-state index in [2.05, 4.69) is 10.3 Å². The highest BCUT2D eigenvalue weighted by molar-refractivity contribution is 7.89. The largest absolute Gasteiger partial charge is 0.379 e. The third-order valence-corrected chi connectivity index (χ3v) is 6.49. The summed E-state index contributed by atoms with van der Waals surface area (Å²) in [6.07, 6.45) is 0. The Labute approximate surface area is 157 Å². The Kier molecular flexibility index (Phi) is 4.55. The molecule has 140 valence electrons. The number of hydrogen-bond donors (Lipinski definition) is 1. The summed E-state index contributed by atoms with van der Waals surface area (Å²) in [5.41, 5.74) is 3.00. The van der Waals surface area contributed by atoms with Crippen molar-refractivity contribution < 1.29 is 17.9 Å². The maximum absolute atomic E-state index is 12.9. The van der Waals surface area contributed by atoms with E-state index in [1.165, 1.54) is 16.4 Å². The molecular weight excluding hydrogens is 366 g/mol. The number of nitrogens with one attached hydrogen (secondary N) is 1. The first-order valence-electron chi connectivity index (χ1n) is 8.64. The van der Waals surface area contributed by atoms with E-state index in [1.54, 1.807) is 6.07 Å². The lowest BCUT2D eigenvalue weighted by molar-refractivity contribution is -0.110. The highest BCUT2D eigenvalue weighted by Gasteiger charge is 2.31. The molecule has 1 amide bonds. The third-order valence-electron chi connectivity index (χ3n) is 4.59. The van der Waals surface area contributed by atoms with Gasteiger partial charge in [-0.2, -0.15) is 4.31 Å². The van der Waals surface area contributed by atoms with Crippen LogP contribution in [0, 0.1) is 6.92 Å². The number of aliphatic imine (C=N–C) groups is 1. The molecule has 2 aliphatic rings. The Balaban J connectivity index is 1.73. The topological polar surface area (TPSA) is 88.1 Å². The number of anilines is 1. The average molecular weight is 385 g/mol. The molecule has 7 nitrogen and oxygen atoms in total. The lowest BCUT2D eigenvalue weighted by atomic mass is 10.1. The summed E-state index contributed by atoms with van der Waals surface area (Å²) in [6.45, 7) is 3.37. The van der Waals surface area contributed by atoms with Crippen LogP contribution in [0.3, 0.4) is 0 Å². The Morgan fingerprint density at radius 1 is 1.07 bits per heavy atom. The van der Waals surface area contributed by atoms with E-state index in [-0.39, 0.29) is 16.5 Å². The number of benzene rings is 2. The second-order valence-corrected chi connectivity index (χ2v) is 8.41. The quantitative estimate of drug-likeness (QED) is 0.876. The standard InChI is InChI=1S/C19H19N3O4S/c1-13-2-4-14(5-3-13)20-18-16-12-15(6-7-17(16)21-19(18)23)27(24,25)22-8-10-26-11-9-22/h2-7,12H,8-11H2,1H3,(H,20,21,23). The average Bonchev–Trinajstić information content (AvgIpc) is 2.99. The van der Waals surface area contributed by atoms with E-state index in [9.17, 15) is 13.2 Å². The van der Waals surface area contributed by atoms with Gasteiger partial charge in [0.25, 0.3) is 5.91 Å². The normalized spacial score (nSPS) is 19.1. The van der Waals surface area contributed by atoms with Crippen molar-refractivity contribution in [2.24, 2.45) is 4.99 Å². The molecule has 0 atom stereocenters. The molecule has 0 spiro atoms. The van der Waals surface area contributed by atoms with Crippen LogP contribution in [0.25, 0.3) is 0 Å². The summed E-state index contributed by atoms with van der Waals surface area (Å²) in [7, 11) is -3.64. The number of nitrogens with zero attached hydrogens (tertiary/aromatic N) is 2. The van der Waals surface area contributed by atoms with Gasteiger partial charge in [-0.05, 0) is 37.3 Å². The Morgan fingerprint density at radius 3 is 2.48 bits per heavy atom. The molecule has 0 unspecified atom stereocenters. The first-order chi connectivity index (χ1) is 12.9. The van der Waals surface area contributed by atoms with Gasteiger partial charge in [0.15, 0.2) is 0 Å². The van der Waals surface area contributed by atoms with Gasteiger partial charge >= 0.3 is 0 Å². The van der Waals surface area contributed by atoms with Crippen molar-refractivity contribution in [1.82, 2.24) is 4.31 Å². The van der Waals surface area contributed by atoms with Gasteiger partial charge in [-0.3, -0.25) is 4.79 Å². The monoisotopic (exact) mass is 385 g/mol. The molecule has 8 heteroatoms. The number of carbonyl (C=O) groups excluding carboxylic acids is 1. The van der Waals surface area contributed by atoms with Crippen molar-refractivity contribution in [2.45, 2.75) is 11.8 Å². The summed E-state index contributed by atoms with van der Waals surface area (Å²) < 4.78 is 32.4. The number of sulfonamides is 1. The number of fused-ring (bicyclic) bond motifs is 1. The number of carbonyl (C=O) groups is 1. The molecule has 2 heterocycles. The maximum Gasteiger partial charge on any atom is 0.275 e. The van der Waals surface area contributed by atoms with Crippen molar-refractivity contribution in [3.8, 4) is 0 Å². The van der Waals surface area contributed by atoms with Gasteiger partial charge in [0.1, 0.15) is 5.71 Å². The number of amides is 1. The van der Waals surface area contributed by atoms with Gasteiger partial charge in [-0.15, -0.1) is 0 Å². The van der Waals surface area contributed by atoms with E-state index in [4.69, 9.17) is 4.74 Å². The highest BCUT2D eigenvalue weighted by atomic mass is 32.2. The van der Waals surface area contributed by atoms with Crippen LogP contribution in [0.1, 0.15) is 11.1 Å². The minimum Gasteiger partial charge on any atom is -0.379 e. The molecule has 0 aliphatic carbocycles. The molecule has 2 aliphatic heterocycles. The van der Waals surface area contributed by atoms with E-state index in [0.29, 0.717) is 43.2 Å². The highest BCUT2D eigenvalue weighted by Crippen LogP contribution is 2.29. The molecule has 0 radical (unpaired) electrons. The van der Waals surface area contributed by atoms with Crippen molar-refractivity contribution in [3.05, 3.63) is 53.6 Å². The van der Waals surface area contributed by atoms with E-state index >= 15 is 0 Å². The van der Waals surface area contributed by atoms with Crippen LogP contribution in [0.5, 0.6) is 0 Å². The molecule has 0 bridgehead atoms. The zero-order chi connectivity index (χ0) is 19.0. The molecule has 1 fully saturated rings. The zero-order valence-corrected chi connectivity index (χ0v) is 15.6. The van der Waals surface area contributed by atoms with Crippen molar-refractivity contribution >= 4 is 33.0 Å². The molecule has 2 aromatic rings. The van der Waals surface area contributed by atoms with Gasteiger partial charge in [0.05, 0.1) is 29.5 Å². The van der Waals surface area contributed by atoms with Gasteiger partial charge in [0, 0.05) is 18.7 Å². The van der Waals surface area contributed by atoms with Gasteiger partial charge < -0.3 is 10.1 Å². The van der Waals surface area contributed by atoms with Crippen LogP contribution in [0.15, 0.2) is 52.4 Å². The number of aryl methyl sites for hydroxylation is 1. The second-order valence-electron chi connectivity index (χ2n) is 6.47. The summed E-state index contributed by atoms with van der Waals surface area (Å²) in [5, 5.41) is 2.74. The molecule has 0 aromatic heterocycles. The van der Waals surface area contributed by atoms with Crippen LogP contribution in [-0.2, 0) is 19.6 Å². The van der Waals surface area contributed by atoms with E-state index in [0.717, 1.165) is 5.56 Å². The van der Waals surface area contributed by atoms with Crippen LogP contribution >= 0.6 is 0 Å². The summed E-state index contributed by atoms with van der Waals surface area (Å²) in [5.74, 6) is -0.341. The van der Waals surface area contributed by atoms with Crippen LogP contribution in [0.2, 0.25) is 0 Å². The fraction of sp³-hybridized carbons (Fsp3) is 0.263. The number of hydrogen-bond acceptors (Lipinski definition) is 5. The summed E-state index contributed by atoms with van der Waals surface area (Å²) in [4.78, 5) is 16.9. The maximum atomic E-state index is 12.9. The smallest absolute Gasteiger partial charge is 0.275 e. The Bertz CT molecular complexity index is 1020. The Morgan fingerprint density at radius 2 is 1.78 bits per heavy atom. The first-order valence-corrected chi connectivity index (χ1v) is 10.1. The summed E-state index contributed by atoms with van der Waals surface area (Å²) >= 11 is 0. The fourth-order valence-electron chi connectivity index (χ4n) is 3.09. The molecule has 27 heavy (non-hydrogen) atoms. The van der Waals surface area contributed by atoms with Crippen LogP contribution < -0.4 is 5.32 Å². The third kappa shape index (κ3) is 3.39. The number of rotatable bonds is 3. The van der Waals surface area contributed by atoms with Crippen molar-refractivity contribution in [2.75, 3.05) is 31.6 Å². The Hall–Kier alpha value is -2.55. The van der Waals surface area contributed by atoms with Crippen LogP contribution in [-0.4, -0.2) is 50.6 Å². The zero-order valence-electron chi connectivity index (χ0n) is 14.8. The van der Waals surface area contributed by atoms with Gasteiger partial charge in [-0.1, -0.05) is 17.7 Å². The molecule has 4 rings (SSSR count). The van der Waals surface area contributed by atoms with E-state index < -0.39 is 10.0 Å². The van der Waals surface area contributed by atoms with Gasteiger partial charge in [0.2, 0.25) is 10.0 Å². The molecule has 1 saturated heterocycles. The molecule has 2 aromatic carbocycles. The predicted octanol–water partition coefficient (Wildman–Crippen LogP) is 2.09. The second kappa shape index (κ2) is 6.88. The lowest BCUT2D eigenvalue weighted by Gasteiger charge is -2.26. The SMILES string of the molecule is Cc1ccc(N=C2C(=O)Nc3ccc(S(=O)(=O)N4CCOCC4)cc32)cc1. The minimum atomic E-state index is -3.64.